The third kappa shape index (κ3) is 3.97. The van der Waals surface area contributed by atoms with Gasteiger partial charge in [-0.1, -0.05) is 44.2 Å². The fourth-order valence-electron chi connectivity index (χ4n) is 2.82. The monoisotopic (exact) mass is 296 g/mol. The van der Waals surface area contributed by atoms with Crippen LogP contribution in [0.5, 0.6) is 0 Å². The highest BCUT2D eigenvalue weighted by Gasteiger charge is 2.35. The Morgan fingerprint density at radius 2 is 2.00 bits per heavy atom. The number of nitrogens with two attached hydrogens (primary N) is 1. The van der Waals surface area contributed by atoms with E-state index in [1.807, 2.05) is 36.9 Å². The van der Waals surface area contributed by atoms with E-state index >= 15 is 0 Å². The molecule has 1 aromatic carbocycles. The summed E-state index contributed by atoms with van der Waals surface area (Å²) < 4.78 is 0. The Morgan fingerprint density at radius 1 is 1.35 bits per heavy atom. The summed E-state index contributed by atoms with van der Waals surface area (Å²) in [6, 6.07) is 10.2. The van der Waals surface area contributed by atoms with E-state index in [0.29, 0.717) is 12.5 Å². The summed E-state index contributed by atoms with van der Waals surface area (Å²) in [4.78, 5) is 14.6. The van der Waals surface area contributed by atoms with Crippen molar-refractivity contribution in [3.8, 4) is 0 Å². The van der Waals surface area contributed by atoms with E-state index in [9.17, 15) is 4.79 Å². The van der Waals surface area contributed by atoms with Gasteiger partial charge in [-0.3, -0.25) is 4.79 Å². The van der Waals surface area contributed by atoms with Crippen LogP contribution in [0.25, 0.3) is 0 Å². The Hall–Kier alpha value is -1.06. The van der Waals surface area contributed by atoms with E-state index in [0.717, 1.165) is 25.9 Å². The minimum atomic E-state index is -0.342. The van der Waals surface area contributed by atoms with E-state index < -0.39 is 0 Å². The van der Waals surface area contributed by atoms with E-state index in [4.69, 9.17) is 5.73 Å². The van der Waals surface area contributed by atoms with Gasteiger partial charge >= 0.3 is 0 Å². The largest absolute Gasteiger partial charge is 0.342 e. The maximum atomic E-state index is 12.6. The molecular weight excluding hydrogens is 272 g/mol. The van der Waals surface area contributed by atoms with E-state index in [1.165, 1.54) is 5.56 Å². The standard InChI is InChI=1S/C16H24N2O.ClH/c1-16(2,10-13-6-4-3-5-7-13)15(19)18-9-8-14(11-17)12-18;/h3-7,14H,8-12,17H2,1-2H3;1H. The normalized spacial score (nSPS) is 18.8. The van der Waals surface area contributed by atoms with Crippen molar-refractivity contribution < 1.29 is 4.79 Å². The molecule has 0 bridgehead atoms. The Kier molecular flexibility index (Phi) is 6.03. The van der Waals surface area contributed by atoms with Crippen molar-refractivity contribution in [1.29, 1.82) is 0 Å². The van der Waals surface area contributed by atoms with Crippen LogP contribution in [0.2, 0.25) is 0 Å². The zero-order valence-electron chi connectivity index (χ0n) is 12.3. The molecule has 2 N–H and O–H groups in total. The van der Waals surface area contributed by atoms with Gasteiger partial charge < -0.3 is 10.6 Å². The summed E-state index contributed by atoms with van der Waals surface area (Å²) >= 11 is 0. The van der Waals surface area contributed by atoms with Gasteiger partial charge in [0.15, 0.2) is 0 Å². The topological polar surface area (TPSA) is 46.3 Å². The van der Waals surface area contributed by atoms with Crippen LogP contribution in [-0.4, -0.2) is 30.4 Å². The molecule has 0 spiro atoms. The summed E-state index contributed by atoms with van der Waals surface area (Å²) in [6.07, 6.45) is 1.83. The summed E-state index contributed by atoms with van der Waals surface area (Å²) in [5.41, 5.74) is 6.57. The molecule has 0 aromatic heterocycles. The number of benzene rings is 1. The second-order valence-electron chi connectivity index (χ2n) is 6.19. The van der Waals surface area contributed by atoms with Crippen molar-refractivity contribution in [2.24, 2.45) is 17.1 Å². The molecule has 1 amide bonds. The quantitative estimate of drug-likeness (QED) is 0.928. The Labute approximate surface area is 127 Å². The Bertz CT molecular complexity index is 433. The molecular formula is C16H25ClN2O. The van der Waals surface area contributed by atoms with Crippen LogP contribution in [0.3, 0.4) is 0 Å². The van der Waals surface area contributed by atoms with Crippen molar-refractivity contribution >= 4 is 18.3 Å². The zero-order chi connectivity index (χ0) is 13.9. The second kappa shape index (κ2) is 7.09. The number of rotatable bonds is 4. The number of likely N-dealkylation sites (tertiary alicyclic amines) is 1. The maximum Gasteiger partial charge on any atom is 0.228 e. The first-order valence-electron chi connectivity index (χ1n) is 7.06. The first-order valence-corrected chi connectivity index (χ1v) is 7.06. The SMILES string of the molecule is CC(C)(Cc1ccccc1)C(=O)N1CCC(CN)C1.Cl. The van der Waals surface area contributed by atoms with Crippen molar-refractivity contribution in [3.05, 3.63) is 35.9 Å². The highest BCUT2D eigenvalue weighted by atomic mass is 35.5. The molecule has 1 fully saturated rings. The minimum absolute atomic E-state index is 0. The molecule has 2 rings (SSSR count). The van der Waals surface area contributed by atoms with Gasteiger partial charge in [-0.2, -0.15) is 0 Å². The summed E-state index contributed by atoms with van der Waals surface area (Å²) in [5, 5.41) is 0. The van der Waals surface area contributed by atoms with Crippen molar-refractivity contribution in [2.45, 2.75) is 26.7 Å². The lowest BCUT2D eigenvalue weighted by molar-refractivity contribution is -0.139. The van der Waals surface area contributed by atoms with E-state index in [-0.39, 0.29) is 23.7 Å². The number of amides is 1. The molecule has 1 saturated heterocycles. The smallest absolute Gasteiger partial charge is 0.228 e. The lowest BCUT2D eigenvalue weighted by Crippen LogP contribution is -2.41. The summed E-state index contributed by atoms with van der Waals surface area (Å²) in [6.45, 7) is 6.45. The van der Waals surface area contributed by atoms with Crippen LogP contribution in [0.4, 0.5) is 0 Å². The Morgan fingerprint density at radius 3 is 2.55 bits per heavy atom. The van der Waals surface area contributed by atoms with Gasteiger partial charge in [-0.15, -0.1) is 12.4 Å². The molecule has 112 valence electrons. The second-order valence-corrected chi connectivity index (χ2v) is 6.19. The molecule has 4 heteroatoms. The van der Waals surface area contributed by atoms with E-state index in [2.05, 4.69) is 12.1 Å². The van der Waals surface area contributed by atoms with Gasteiger partial charge in [0.1, 0.15) is 0 Å². The van der Waals surface area contributed by atoms with Crippen molar-refractivity contribution in [2.75, 3.05) is 19.6 Å². The molecule has 1 heterocycles. The molecule has 0 saturated carbocycles. The van der Waals surface area contributed by atoms with Crippen molar-refractivity contribution in [1.82, 2.24) is 4.90 Å². The van der Waals surface area contributed by atoms with Gasteiger partial charge in [-0.05, 0) is 30.9 Å². The molecule has 0 radical (unpaired) electrons. The lowest BCUT2D eigenvalue weighted by atomic mass is 9.84. The number of nitrogens with zero attached hydrogens (tertiary/aromatic N) is 1. The predicted octanol–water partition coefficient (Wildman–Crippen LogP) is 2.48. The van der Waals surface area contributed by atoms with Gasteiger partial charge in [0.05, 0.1) is 0 Å². The molecule has 1 aliphatic rings. The Balaban J connectivity index is 0.00000200. The van der Waals surface area contributed by atoms with Crippen molar-refractivity contribution in [3.63, 3.8) is 0 Å². The number of hydrogen-bond acceptors (Lipinski definition) is 2. The molecule has 1 atom stereocenters. The average Bonchev–Trinajstić information content (AvgIpc) is 2.87. The van der Waals surface area contributed by atoms with Crippen LogP contribution >= 0.6 is 12.4 Å². The third-order valence-electron chi connectivity index (χ3n) is 3.97. The predicted molar refractivity (Wildman–Crippen MR) is 84.9 cm³/mol. The lowest BCUT2D eigenvalue weighted by Gasteiger charge is -2.29. The van der Waals surface area contributed by atoms with Crippen LogP contribution in [-0.2, 0) is 11.2 Å². The molecule has 1 unspecified atom stereocenters. The minimum Gasteiger partial charge on any atom is -0.342 e. The van der Waals surface area contributed by atoms with Crippen LogP contribution < -0.4 is 5.73 Å². The molecule has 1 aromatic rings. The van der Waals surface area contributed by atoms with Crippen LogP contribution in [0.1, 0.15) is 25.8 Å². The van der Waals surface area contributed by atoms with E-state index in [1.54, 1.807) is 0 Å². The zero-order valence-corrected chi connectivity index (χ0v) is 13.2. The van der Waals surface area contributed by atoms with Gasteiger partial charge in [0.2, 0.25) is 5.91 Å². The van der Waals surface area contributed by atoms with Gasteiger partial charge in [0, 0.05) is 18.5 Å². The number of hydrogen-bond donors (Lipinski definition) is 1. The molecule has 20 heavy (non-hydrogen) atoms. The van der Waals surface area contributed by atoms with Crippen LogP contribution in [0.15, 0.2) is 30.3 Å². The fraction of sp³-hybridized carbons (Fsp3) is 0.562. The highest BCUT2D eigenvalue weighted by molar-refractivity contribution is 5.85. The van der Waals surface area contributed by atoms with Crippen LogP contribution in [0, 0.1) is 11.3 Å². The third-order valence-corrected chi connectivity index (χ3v) is 3.97. The fourth-order valence-corrected chi connectivity index (χ4v) is 2.82. The summed E-state index contributed by atoms with van der Waals surface area (Å²) in [5.74, 6) is 0.740. The average molecular weight is 297 g/mol. The highest BCUT2D eigenvalue weighted by Crippen LogP contribution is 2.27. The summed E-state index contributed by atoms with van der Waals surface area (Å²) in [7, 11) is 0. The number of carbonyl (C=O) groups excluding carboxylic acids is 1. The first kappa shape index (κ1) is 17.0. The molecule has 3 nitrogen and oxygen atoms in total. The number of halogens is 1. The molecule has 0 aliphatic carbocycles. The number of carbonyl (C=O) groups is 1. The first-order chi connectivity index (χ1) is 9.03. The van der Waals surface area contributed by atoms with Gasteiger partial charge in [0.25, 0.3) is 0 Å². The molecule has 1 aliphatic heterocycles. The van der Waals surface area contributed by atoms with Gasteiger partial charge in [-0.25, -0.2) is 0 Å². The maximum absolute atomic E-state index is 12.6.